The molecule has 126 valence electrons. The number of aryl methyl sites for hydroxylation is 2. The summed E-state index contributed by atoms with van der Waals surface area (Å²) in [4.78, 5) is 13.8. The first kappa shape index (κ1) is 16.9. The van der Waals surface area contributed by atoms with E-state index in [-0.39, 0.29) is 17.2 Å². The van der Waals surface area contributed by atoms with Gasteiger partial charge in [0, 0.05) is 5.69 Å². The van der Waals surface area contributed by atoms with E-state index in [4.69, 9.17) is 0 Å². The second kappa shape index (κ2) is 6.16. The number of hydrogen-bond acceptors (Lipinski definition) is 2. The topological polar surface area (TPSA) is 20.3 Å². The van der Waals surface area contributed by atoms with Crippen molar-refractivity contribution in [3.63, 3.8) is 0 Å². The van der Waals surface area contributed by atoms with Crippen molar-refractivity contribution < 1.29 is 18.0 Å². The van der Waals surface area contributed by atoms with Gasteiger partial charge in [0.05, 0.1) is 11.3 Å². The summed E-state index contributed by atoms with van der Waals surface area (Å²) in [6, 6.07) is 11.1. The Balaban J connectivity index is 2.10. The molecule has 2 nitrogen and oxygen atoms in total. The van der Waals surface area contributed by atoms with Crippen LogP contribution in [-0.4, -0.2) is 11.7 Å². The summed E-state index contributed by atoms with van der Waals surface area (Å²) in [5.41, 5.74) is 2.02. The summed E-state index contributed by atoms with van der Waals surface area (Å²) < 4.78 is 40.0. The van der Waals surface area contributed by atoms with E-state index in [1.165, 1.54) is 28.8 Å². The normalized spacial score (nSPS) is 18.3. The quantitative estimate of drug-likeness (QED) is 0.750. The van der Waals surface area contributed by atoms with Crippen molar-refractivity contribution in [2.24, 2.45) is 0 Å². The van der Waals surface area contributed by atoms with E-state index >= 15 is 0 Å². The molecule has 0 radical (unpaired) electrons. The third-order valence-electron chi connectivity index (χ3n) is 3.88. The van der Waals surface area contributed by atoms with Gasteiger partial charge in [0.1, 0.15) is 5.37 Å². The van der Waals surface area contributed by atoms with Crippen molar-refractivity contribution in [1.82, 2.24) is 0 Å². The van der Waals surface area contributed by atoms with Gasteiger partial charge in [-0.15, -0.1) is 11.8 Å². The van der Waals surface area contributed by atoms with Crippen molar-refractivity contribution in [2.45, 2.75) is 25.4 Å². The van der Waals surface area contributed by atoms with E-state index in [0.717, 1.165) is 17.2 Å². The molecular weight excluding hydrogens is 335 g/mol. The van der Waals surface area contributed by atoms with Crippen LogP contribution in [0.4, 0.5) is 18.9 Å². The maximum Gasteiger partial charge on any atom is 0.416 e. The number of amides is 1. The number of carbonyl (C=O) groups is 1. The smallest absolute Gasteiger partial charge is 0.295 e. The molecule has 0 aliphatic carbocycles. The Hall–Kier alpha value is -1.95. The van der Waals surface area contributed by atoms with Crippen LogP contribution in [-0.2, 0) is 11.0 Å². The number of benzene rings is 2. The number of carbonyl (C=O) groups excluding carboxylic acids is 1. The Morgan fingerprint density at radius 1 is 1.08 bits per heavy atom. The Kier molecular flexibility index (Phi) is 4.34. The van der Waals surface area contributed by atoms with Gasteiger partial charge < -0.3 is 0 Å². The van der Waals surface area contributed by atoms with Crippen LogP contribution in [0.3, 0.4) is 0 Å². The molecule has 0 saturated carbocycles. The lowest BCUT2D eigenvalue weighted by atomic mass is 10.0. The minimum atomic E-state index is -4.45. The summed E-state index contributed by atoms with van der Waals surface area (Å²) in [7, 11) is 0. The maximum absolute atomic E-state index is 13.3. The lowest BCUT2D eigenvalue weighted by Gasteiger charge is -2.27. The molecule has 2 aromatic carbocycles. The van der Waals surface area contributed by atoms with Gasteiger partial charge in [0.2, 0.25) is 5.91 Å². The molecule has 24 heavy (non-hydrogen) atoms. The van der Waals surface area contributed by atoms with Crippen LogP contribution in [0, 0.1) is 13.8 Å². The molecule has 0 spiro atoms. The number of alkyl halides is 3. The summed E-state index contributed by atoms with van der Waals surface area (Å²) in [5.74, 6) is -0.00361. The molecule has 0 aromatic heterocycles. The van der Waals surface area contributed by atoms with Gasteiger partial charge in [-0.2, -0.15) is 13.2 Å². The molecule has 0 bridgehead atoms. The number of rotatable bonds is 2. The minimum absolute atomic E-state index is 0.125. The number of thioether (sulfide) groups is 1. The monoisotopic (exact) mass is 351 g/mol. The minimum Gasteiger partial charge on any atom is -0.295 e. The zero-order valence-electron chi connectivity index (χ0n) is 13.2. The van der Waals surface area contributed by atoms with Crippen molar-refractivity contribution in [3.8, 4) is 0 Å². The highest BCUT2D eigenvalue weighted by atomic mass is 32.2. The zero-order valence-corrected chi connectivity index (χ0v) is 14.0. The molecule has 1 aliphatic rings. The zero-order chi connectivity index (χ0) is 17.5. The fourth-order valence-corrected chi connectivity index (χ4v) is 4.21. The number of anilines is 1. The maximum atomic E-state index is 13.3. The highest BCUT2D eigenvalue weighted by Crippen LogP contribution is 2.46. The molecule has 3 rings (SSSR count). The lowest BCUT2D eigenvalue weighted by molar-refractivity contribution is -0.138. The second-order valence-electron chi connectivity index (χ2n) is 5.86. The van der Waals surface area contributed by atoms with Crippen LogP contribution in [0.15, 0.2) is 42.5 Å². The average Bonchev–Trinajstić information content (AvgIpc) is 2.87. The van der Waals surface area contributed by atoms with Crippen molar-refractivity contribution in [1.29, 1.82) is 0 Å². The van der Waals surface area contributed by atoms with E-state index in [9.17, 15) is 18.0 Å². The first-order chi connectivity index (χ1) is 11.3. The molecule has 6 heteroatoms. The van der Waals surface area contributed by atoms with E-state index in [2.05, 4.69) is 0 Å². The third-order valence-corrected chi connectivity index (χ3v) is 5.08. The summed E-state index contributed by atoms with van der Waals surface area (Å²) >= 11 is 1.22. The van der Waals surface area contributed by atoms with Gasteiger partial charge in [0.25, 0.3) is 0 Å². The van der Waals surface area contributed by atoms with Crippen molar-refractivity contribution in [2.75, 3.05) is 10.7 Å². The van der Waals surface area contributed by atoms with Crippen LogP contribution in [0.2, 0.25) is 0 Å². The molecule has 0 unspecified atom stereocenters. The standard InChI is InChI=1S/C18H16F3NOS/c1-11-7-12(2)9-13(8-11)22-16(23)10-24-17(22)14-5-3-4-6-15(14)18(19,20)21/h3-9,17H,10H2,1-2H3/t17-/m0/s1. The largest absolute Gasteiger partial charge is 0.416 e. The molecule has 2 aromatic rings. The highest BCUT2D eigenvalue weighted by Gasteiger charge is 2.41. The number of nitrogens with zero attached hydrogens (tertiary/aromatic N) is 1. The Morgan fingerprint density at radius 2 is 1.71 bits per heavy atom. The summed E-state index contributed by atoms with van der Waals surface area (Å²) in [5, 5.41) is -0.670. The predicted molar refractivity (Wildman–Crippen MR) is 90.0 cm³/mol. The molecule has 1 saturated heterocycles. The van der Waals surface area contributed by atoms with Gasteiger partial charge in [-0.3, -0.25) is 9.69 Å². The van der Waals surface area contributed by atoms with Crippen molar-refractivity contribution >= 4 is 23.4 Å². The van der Waals surface area contributed by atoms with E-state index in [1.54, 1.807) is 6.07 Å². The molecule has 1 heterocycles. The molecule has 1 aliphatic heterocycles. The molecule has 0 N–H and O–H groups in total. The SMILES string of the molecule is Cc1cc(C)cc(N2C(=O)CS[C@H]2c2ccccc2C(F)(F)F)c1. The molecule has 1 amide bonds. The molecule has 1 atom stereocenters. The van der Waals surface area contributed by atoms with Crippen molar-refractivity contribution in [3.05, 3.63) is 64.7 Å². The predicted octanol–water partition coefficient (Wildman–Crippen LogP) is 5.10. The van der Waals surface area contributed by atoms with Crippen LogP contribution in [0.5, 0.6) is 0 Å². The highest BCUT2D eigenvalue weighted by molar-refractivity contribution is 8.00. The lowest BCUT2D eigenvalue weighted by Crippen LogP contribution is -2.29. The van der Waals surface area contributed by atoms with Crippen LogP contribution >= 0.6 is 11.8 Å². The second-order valence-corrected chi connectivity index (χ2v) is 6.93. The van der Waals surface area contributed by atoms with Gasteiger partial charge >= 0.3 is 6.18 Å². The third kappa shape index (κ3) is 3.15. The average molecular weight is 351 g/mol. The summed E-state index contributed by atoms with van der Waals surface area (Å²) in [6.07, 6.45) is -4.45. The van der Waals surface area contributed by atoms with Crippen LogP contribution in [0.1, 0.15) is 27.6 Å². The Morgan fingerprint density at radius 3 is 2.33 bits per heavy atom. The summed E-state index contributed by atoms with van der Waals surface area (Å²) in [6.45, 7) is 3.81. The Labute approximate surface area is 142 Å². The number of halogens is 3. The van der Waals surface area contributed by atoms with E-state index in [0.29, 0.717) is 5.69 Å². The van der Waals surface area contributed by atoms with Gasteiger partial charge in [-0.25, -0.2) is 0 Å². The molecule has 1 fully saturated rings. The fraction of sp³-hybridized carbons (Fsp3) is 0.278. The van der Waals surface area contributed by atoms with E-state index < -0.39 is 17.1 Å². The number of hydrogen-bond donors (Lipinski definition) is 0. The first-order valence-electron chi connectivity index (χ1n) is 7.45. The van der Waals surface area contributed by atoms with E-state index in [1.807, 2.05) is 32.0 Å². The van der Waals surface area contributed by atoms with Crippen LogP contribution < -0.4 is 4.90 Å². The molecular formula is C18H16F3NOS. The fourth-order valence-electron chi connectivity index (χ4n) is 2.99. The first-order valence-corrected chi connectivity index (χ1v) is 8.50. The van der Waals surface area contributed by atoms with Gasteiger partial charge in [-0.05, 0) is 48.7 Å². The Bertz CT molecular complexity index is 768. The van der Waals surface area contributed by atoms with Crippen LogP contribution in [0.25, 0.3) is 0 Å². The van der Waals surface area contributed by atoms with Gasteiger partial charge in [0.15, 0.2) is 0 Å². The van der Waals surface area contributed by atoms with Gasteiger partial charge in [-0.1, -0.05) is 24.3 Å².